The van der Waals surface area contributed by atoms with Crippen LogP contribution in [0.1, 0.15) is 21.5 Å². The van der Waals surface area contributed by atoms with Crippen molar-refractivity contribution in [2.24, 2.45) is 0 Å². The van der Waals surface area contributed by atoms with Gasteiger partial charge in [-0.3, -0.25) is 4.79 Å². The molecule has 0 aromatic heterocycles. The highest BCUT2D eigenvalue weighted by molar-refractivity contribution is 6.30. The van der Waals surface area contributed by atoms with Gasteiger partial charge in [-0.15, -0.1) is 0 Å². The van der Waals surface area contributed by atoms with Gasteiger partial charge in [-0.1, -0.05) is 41.4 Å². The Bertz CT molecular complexity index is 680. The molecule has 23 heavy (non-hydrogen) atoms. The molecule has 5 heteroatoms. The molecular weight excluding hydrogens is 314 g/mol. The van der Waals surface area contributed by atoms with Gasteiger partial charge >= 0.3 is 5.97 Å². The molecule has 2 rings (SSSR count). The van der Waals surface area contributed by atoms with Crippen molar-refractivity contribution >= 4 is 23.5 Å². The molecule has 4 nitrogen and oxygen atoms in total. The van der Waals surface area contributed by atoms with Crippen LogP contribution in [0.3, 0.4) is 0 Å². The normalized spacial score (nSPS) is 11.6. The number of carbonyl (C=O) groups is 2. The number of nitrogens with one attached hydrogen (secondary N) is 1. The second-order valence-corrected chi connectivity index (χ2v) is 5.68. The van der Waals surface area contributed by atoms with Crippen LogP contribution in [-0.2, 0) is 16.0 Å². The van der Waals surface area contributed by atoms with E-state index >= 15 is 0 Å². The van der Waals surface area contributed by atoms with E-state index < -0.39 is 12.0 Å². The molecule has 0 aliphatic rings. The average Bonchev–Trinajstić information content (AvgIpc) is 2.56. The highest BCUT2D eigenvalue weighted by Gasteiger charge is 2.22. The van der Waals surface area contributed by atoms with Crippen LogP contribution in [0.15, 0.2) is 48.5 Å². The van der Waals surface area contributed by atoms with Crippen LogP contribution in [0.2, 0.25) is 5.02 Å². The van der Waals surface area contributed by atoms with E-state index in [2.05, 4.69) is 5.32 Å². The Morgan fingerprint density at radius 1 is 1.09 bits per heavy atom. The number of carbonyl (C=O) groups excluding carboxylic acids is 2. The lowest BCUT2D eigenvalue weighted by molar-refractivity contribution is -0.142. The molecular formula is C18H18ClNO3. The predicted octanol–water partition coefficient (Wildman–Crippen LogP) is 3.16. The molecule has 0 aliphatic heterocycles. The minimum Gasteiger partial charge on any atom is -0.467 e. The SMILES string of the molecule is COC(=O)[C@@H](Cc1ccc(C)cc1)NC(=O)c1ccc(Cl)cc1. The zero-order chi connectivity index (χ0) is 16.8. The maximum absolute atomic E-state index is 12.3. The van der Waals surface area contributed by atoms with E-state index in [0.717, 1.165) is 11.1 Å². The maximum atomic E-state index is 12.3. The van der Waals surface area contributed by atoms with E-state index in [4.69, 9.17) is 16.3 Å². The third kappa shape index (κ3) is 4.83. The van der Waals surface area contributed by atoms with E-state index in [9.17, 15) is 9.59 Å². The fraction of sp³-hybridized carbons (Fsp3) is 0.222. The highest BCUT2D eigenvalue weighted by atomic mass is 35.5. The number of methoxy groups -OCH3 is 1. The lowest BCUT2D eigenvalue weighted by Gasteiger charge is -2.17. The predicted molar refractivity (Wildman–Crippen MR) is 89.6 cm³/mol. The monoisotopic (exact) mass is 331 g/mol. The Morgan fingerprint density at radius 2 is 1.70 bits per heavy atom. The number of hydrogen-bond acceptors (Lipinski definition) is 3. The Morgan fingerprint density at radius 3 is 2.26 bits per heavy atom. The first-order valence-corrected chi connectivity index (χ1v) is 7.57. The van der Waals surface area contributed by atoms with Crippen molar-refractivity contribution in [3.8, 4) is 0 Å². The van der Waals surface area contributed by atoms with E-state index in [1.54, 1.807) is 24.3 Å². The lowest BCUT2D eigenvalue weighted by Crippen LogP contribution is -2.43. The van der Waals surface area contributed by atoms with Crippen LogP contribution in [0.5, 0.6) is 0 Å². The summed E-state index contributed by atoms with van der Waals surface area (Å²) in [5.41, 5.74) is 2.52. The van der Waals surface area contributed by atoms with E-state index in [1.165, 1.54) is 7.11 Å². The van der Waals surface area contributed by atoms with Gasteiger partial charge in [0.1, 0.15) is 6.04 Å². The molecule has 120 valence electrons. The molecule has 2 aromatic carbocycles. The molecule has 0 bridgehead atoms. The summed E-state index contributed by atoms with van der Waals surface area (Å²) in [6.07, 6.45) is 0.367. The summed E-state index contributed by atoms with van der Waals surface area (Å²) >= 11 is 5.81. The number of halogens is 1. The van der Waals surface area contributed by atoms with Gasteiger partial charge in [-0.25, -0.2) is 4.79 Å². The molecule has 1 atom stereocenters. The molecule has 1 amide bonds. The molecule has 1 N–H and O–H groups in total. The largest absolute Gasteiger partial charge is 0.467 e. The first kappa shape index (κ1) is 17.0. The van der Waals surface area contributed by atoms with Crippen molar-refractivity contribution in [1.29, 1.82) is 0 Å². The first-order chi connectivity index (χ1) is 11.0. The van der Waals surface area contributed by atoms with Crippen molar-refractivity contribution < 1.29 is 14.3 Å². The number of benzene rings is 2. The number of amides is 1. The first-order valence-electron chi connectivity index (χ1n) is 7.19. The average molecular weight is 332 g/mol. The van der Waals surface area contributed by atoms with Crippen molar-refractivity contribution in [2.75, 3.05) is 7.11 Å². The van der Waals surface area contributed by atoms with E-state index in [-0.39, 0.29) is 5.91 Å². The Labute approximate surface area is 140 Å². The Kier molecular flexibility index (Phi) is 5.77. The Hall–Kier alpha value is -2.33. The van der Waals surface area contributed by atoms with Crippen LogP contribution < -0.4 is 5.32 Å². The molecule has 2 aromatic rings. The molecule has 0 saturated carbocycles. The zero-order valence-electron chi connectivity index (χ0n) is 13.0. The molecule has 0 unspecified atom stereocenters. The highest BCUT2D eigenvalue weighted by Crippen LogP contribution is 2.11. The third-order valence-corrected chi connectivity index (χ3v) is 3.71. The molecule has 0 saturated heterocycles. The van der Waals surface area contributed by atoms with Gasteiger partial charge < -0.3 is 10.1 Å². The topological polar surface area (TPSA) is 55.4 Å². The molecule has 0 radical (unpaired) electrons. The minimum atomic E-state index is -0.745. The summed E-state index contributed by atoms with van der Waals surface area (Å²) in [7, 11) is 1.30. The summed E-state index contributed by atoms with van der Waals surface area (Å²) in [6, 6.07) is 13.5. The van der Waals surface area contributed by atoms with Gasteiger partial charge in [-0.05, 0) is 36.8 Å². The number of aryl methyl sites for hydroxylation is 1. The van der Waals surface area contributed by atoms with Gasteiger partial charge in [0.15, 0.2) is 0 Å². The second kappa shape index (κ2) is 7.79. The summed E-state index contributed by atoms with van der Waals surface area (Å²) in [4.78, 5) is 24.2. The zero-order valence-corrected chi connectivity index (χ0v) is 13.8. The summed E-state index contributed by atoms with van der Waals surface area (Å²) in [5.74, 6) is -0.822. The van der Waals surface area contributed by atoms with Crippen molar-refractivity contribution in [3.63, 3.8) is 0 Å². The quantitative estimate of drug-likeness (QED) is 0.856. The van der Waals surface area contributed by atoms with Crippen LogP contribution in [-0.4, -0.2) is 25.0 Å². The van der Waals surface area contributed by atoms with Crippen molar-refractivity contribution in [2.45, 2.75) is 19.4 Å². The van der Waals surface area contributed by atoms with Gasteiger partial charge in [0.2, 0.25) is 0 Å². The van der Waals surface area contributed by atoms with Gasteiger partial charge in [0.05, 0.1) is 7.11 Å². The van der Waals surface area contributed by atoms with E-state index in [1.807, 2.05) is 31.2 Å². The number of esters is 1. The maximum Gasteiger partial charge on any atom is 0.328 e. The van der Waals surface area contributed by atoms with Gasteiger partial charge in [0, 0.05) is 17.0 Å². The van der Waals surface area contributed by atoms with Crippen LogP contribution >= 0.6 is 11.6 Å². The smallest absolute Gasteiger partial charge is 0.328 e. The van der Waals surface area contributed by atoms with Crippen LogP contribution in [0, 0.1) is 6.92 Å². The van der Waals surface area contributed by atoms with Gasteiger partial charge in [0.25, 0.3) is 5.91 Å². The van der Waals surface area contributed by atoms with Crippen molar-refractivity contribution in [3.05, 3.63) is 70.2 Å². The summed E-state index contributed by atoms with van der Waals surface area (Å²) in [6.45, 7) is 1.99. The molecule has 0 aliphatic carbocycles. The standard InChI is InChI=1S/C18H18ClNO3/c1-12-3-5-13(6-4-12)11-16(18(22)23-2)20-17(21)14-7-9-15(19)10-8-14/h3-10,16H,11H2,1-2H3,(H,20,21)/t16-/m1/s1. The summed E-state index contributed by atoms with van der Waals surface area (Å²) < 4.78 is 4.79. The summed E-state index contributed by atoms with van der Waals surface area (Å²) in [5, 5.41) is 3.26. The molecule has 0 fully saturated rings. The van der Waals surface area contributed by atoms with Crippen molar-refractivity contribution in [1.82, 2.24) is 5.32 Å². The van der Waals surface area contributed by atoms with E-state index in [0.29, 0.717) is 17.0 Å². The number of ether oxygens (including phenoxy) is 1. The fourth-order valence-corrected chi connectivity index (χ4v) is 2.26. The fourth-order valence-electron chi connectivity index (χ4n) is 2.14. The lowest BCUT2D eigenvalue weighted by atomic mass is 10.0. The van der Waals surface area contributed by atoms with Gasteiger partial charge in [-0.2, -0.15) is 0 Å². The third-order valence-electron chi connectivity index (χ3n) is 3.46. The molecule has 0 spiro atoms. The van der Waals surface area contributed by atoms with Crippen LogP contribution in [0.4, 0.5) is 0 Å². The number of hydrogen-bond donors (Lipinski definition) is 1. The number of rotatable bonds is 5. The molecule has 0 heterocycles. The van der Waals surface area contributed by atoms with Crippen LogP contribution in [0.25, 0.3) is 0 Å². The second-order valence-electron chi connectivity index (χ2n) is 5.25. The Balaban J connectivity index is 2.12. The minimum absolute atomic E-state index is 0.343.